The van der Waals surface area contributed by atoms with Gasteiger partial charge in [-0.1, -0.05) is 29.8 Å². The molecule has 1 fully saturated rings. The number of nitrogens with zero attached hydrogens (tertiary/aromatic N) is 2. The standard InChI is InChI=1S/C17H20ClN3/c18-15-6-7-17(19)14(12-15)13-20-8-10-21(11-9-20)16-4-2-1-3-5-16/h1-7,12H,8-11,13,19H2. The molecular formula is C17H20ClN3. The summed E-state index contributed by atoms with van der Waals surface area (Å²) in [7, 11) is 0. The van der Waals surface area contributed by atoms with E-state index in [4.69, 9.17) is 17.3 Å². The largest absolute Gasteiger partial charge is 0.398 e. The van der Waals surface area contributed by atoms with Gasteiger partial charge in [-0.25, -0.2) is 0 Å². The number of nitrogen functional groups attached to an aromatic ring is 1. The number of nitrogens with two attached hydrogens (primary N) is 1. The van der Waals surface area contributed by atoms with Gasteiger partial charge < -0.3 is 10.6 Å². The number of anilines is 2. The zero-order valence-corrected chi connectivity index (χ0v) is 12.8. The number of hydrogen-bond acceptors (Lipinski definition) is 3. The zero-order chi connectivity index (χ0) is 14.7. The molecule has 0 amide bonds. The molecule has 1 aliphatic heterocycles. The van der Waals surface area contributed by atoms with E-state index in [1.165, 1.54) is 5.69 Å². The lowest BCUT2D eigenvalue weighted by molar-refractivity contribution is 0.250. The molecule has 0 aromatic heterocycles. The number of hydrogen-bond donors (Lipinski definition) is 1. The van der Waals surface area contributed by atoms with Gasteiger partial charge in [0.2, 0.25) is 0 Å². The van der Waals surface area contributed by atoms with Crippen LogP contribution in [-0.2, 0) is 6.54 Å². The Morgan fingerprint density at radius 1 is 0.952 bits per heavy atom. The van der Waals surface area contributed by atoms with Gasteiger partial charge in [0.1, 0.15) is 0 Å². The van der Waals surface area contributed by atoms with Crippen molar-refractivity contribution < 1.29 is 0 Å². The summed E-state index contributed by atoms with van der Waals surface area (Å²) in [6, 6.07) is 16.3. The molecule has 21 heavy (non-hydrogen) atoms. The summed E-state index contributed by atoms with van der Waals surface area (Å²) >= 11 is 6.06. The summed E-state index contributed by atoms with van der Waals surface area (Å²) in [6.07, 6.45) is 0. The number of piperazine rings is 1. The highest BCUT2D eigenvalue weighted by molar-refractivity contribution is 6.30. The number of benzene rings is 2. The Bertz CT molecular complexity index is 592. The average Bonchev–Trinajstić information content (AvgIpc) is 2.53. The maximum Gasteiger partial charge on any atom is 0.0410 e. The summed E-state index contributed by atoms with van der Waals surface area (Å²) in [5.74, 6) is 0. The fraction of sp³-hybridized carbons (Fsp3) is 0.294. The molecule has 0 saturated carbocycles. The molecule has 1 aliphatic rings. The fourth-order valence-electron chi connectivity index (χ4n) is 2.76. The molecule has 0 unspecified atom stereocenters. The molecule has 3 rings (SSSR count). The molecule has 0 spiro atoms. The Morgan fingerprint density at radius 3 is 2.38 bits per heavy atom. The van der Waals surface area contributed by atoms with Crippen molar-refractivity contribution in [2.75, 3.05) is 36.8 Å². The van der Waals surface area contributed by atoms with Crippen LogP contribution in [0.4, 0.5) is 11.4 Å². The van der Waals surface area contributed by atoms with Gasteiger partial charge in [0.15, 0.2) is 0 Å². The van der Waals surface area contributed by atoms with Crippen LogP contribution in [0.3, 0.4) is 0 Å². The van der Waals surface area contributed by atoms with E-state index in [2.05, 4.69) is 40.1 Å². The SMILES string of the molecule is Nc1ccc(Cl)cc1CN1CCN(c2ccccc2)CC1. The first-order valence-corrected chi connectivity index (χ1v) is 7.66. The van der Waals surface area contributed by atoms with Crippen LogP contribution in [-0.4, -0.2) is 31.1 Å². The molecule has 0 radical (unpaired) electrons. The second-order valence-corrected chi connectivity index (χ2v) is 5.88. The summed E-state index contributed by atoms with van der Waals surface area (Å²) < 4.78 is 0. The quantitative estimate of drug-likeness (QED) is 0.883. The van der Waals surface area contributed by atoms with E-state index < -0.39 is 0 Å². The Kier molecular flexibility index (Phi) is 4.32. The van der Waals surface area contributed by atoms with Crippen LogP contribution < -0.4 is 10.6 Å². The Morgan fingerprint density at radius 2 is 1.67 bits per heavy atom. The average molecular weight is 302 g/mol. The lowest BCUT2D eigenvalue weighted by atomic mass is 10.1. The molecule has 4 heteroatoms. The van der Waals surface area contributed by atoms with Crippen LogP contribution in [0.1, 0.15) is 5.56 Å². The van der Waals surface area contributed by atoms with E-state index in [1.807, 2.05) is 18.2 Å². The van der Waals surface area contributed by atoms with Crippen molar-refractivity contribution in [1.29, 1.82) is 0 Å². The van der Waals surface area contributed by atoms with Gasteiger partial charge in [-0.05, 0) is 35.9 Å². The molecule has 2 aromatic carbocycles. The molecular weight excluding hydrogens is 282 g/mol. The number of para-hydroxylation sites is 1. The normalized spacial score (nSPS) is 16.1. The first-order chi connectivity index (χ1) is 10.2. The van der Waals surface area contributed by atoms with Gasteiger partial charge in [0.25, 0.3) is 0 Å². The minimum atomic E-state index is 0.752. The van der Waals surface area contributed by atoms with Gasteiger partial charge >= 0.3 is 0 Å². The van der Waals surface area contributed by atoms with Crippen LogP contribution >= 0.6 is 11.6 Å². The highest BCUT2D eigenvalue weighted by Gasteiger charge is 2.17. The smallest absolute Gasteiger partial charge is 0.0410 e. The van der Waals surface area contributed by atoms with Gasteiger partial charge in [-0.3, -0.25) is 4.90 Å². The monoisotopic (exact) mass is 301 g/mol. The molecule has 0 bridgehead atoms. The molecule has 2 N–H and O–H groups in total. The second kappa shape index (κ2) is 6.37. The Hall–Kier alpha value is -1.71. The van der Waals surface area contributed by atoms with Gasteiger partial charge in [-0.2, -0.15) is 0 Å². The molecule has 0 aliphatic carbocycles. The number of halogens is 1. The minimum absolute atomic E-state index is 0.752. The fourth-order valence-corrected chi connectivity index (χ4v) is 2.95. The first kappa shape index (κ1) is 14.2. The first-order valence-electron chi connectivity index (χ1n) is 7.28. The van der Waals surface area contributed by atoms with E-state index in [9.17, 15) is 0 Å². The summed E-state index contributed by atoms with van der Waals surface area (Å²) in [4.78, 5) is 4.86. The summed E-state index contributed by atoms with van der Waals surface area (Å²) in [5.41, 5.74) is 9.28. The van der Waals surface area contributed by atoms with Gasteiger partial charge in [0.05, 0.1) is 0 Å². The molecule has 3 nitrogen and oxygen atoms in total. The third kappa shape index (κ3) is 3.49. The van der Waals surface area contributed by atoms with Crippen molar-refractivity contribution in [3.8, 4) is 0 Å². The summed E-state index contributed by atoms with van der Waals surface area (Å²) in [6.45, 7) is 5.05. The maximum absolute atomic E-state index is 6.06. The Labute approximate surface area is 130 Å². The van der Waals surface area contributed by atoms with E-state index in [0.717, 1.165) is 49.0 Å². The van der Waals surface area contributed by atoms with Gasteiger partial charge in [-0.15, -0.1) is 0 Å². The summed E-state index contributed by atoms with van der Waals surface area (Å²) in [5, 5.41) is 0.752. The second-order valence-electron chi connectivity index (χ2n) is 5.44. The highest BCUT2D eigenvalue weighted by Crippen LogP contribution is 2.21. The van der Waals surface area contributed by atoms with E-state index in [1.54, 1.807) is 0 Å². The van der Waals surface area contributed by atoms with Crippen LogP contribution in [0.25, 0.3) is 0 Å². The van der Waals surface area contributed by atoms with E-state index in [-0.39, 0.29) is 0 Å². The third-order valence-electron chi connectivity index (χ3n) is 3.99. The predicted molar refractivity (Wildman–Crippen MR) is 89.8 cm³/mol. The Balaban J connectivity index is 1.60. The third-order valence-corrected chi connectivity index (χ3v) is 4.23. The van der Waals surface area contributed by atoms with Crippen molar-refractivity contribution >= 4 is 23.0 Å². The van der Waals surface area contributed by atoms with Gasteiger partial charge in [0, 0.05) is 49.1 Å². The minimum Gasteiger partial charge on any atom is -0.398 e. The predicted octanol–water partition coefficient (Wildman–Crippen LogP) is 3.24. The topological polar surface area (TPSA) is 32.5 Å². The lowest BCUT2D eigenvalue weighted by Crippen LogP contribution is -2.46. The number of rotatable bonds is 3. The van der Waals surface area contributed by atoms with E-state index in [0.29, 0.717) is 0 Å². The van der Waals surface area contributed by atoms with Crippen LogP contribution in [0.15, 0.2) is 48.5 Å². The molecule has 0 atom stereocenters. The van der Waals surface area contributed by atoms with Crippen molar-refractivity contribution in [2.24, 2.45) is 0 Å². The van der Waals surface area contributed by atoms with Crippen LogP contribution in [0, 0.1) is 0 Å². The van der Waals surface area contributed by atoms with Crippen LogP contribution in [0.2, 0.25) is 5.02 Å². The van der Waals surface area contributed by atoms with Crippen molar-refractivity contribution in [3.05, 3.63) is 59.1 Å². The molecule has 2 aromatic rings. The zero-order valence-electron chi connectivity index (χ0n) is 12.0. The highest BCUT2D eigenvalue weighted by atomic mass is 35.5. The maximum atomic E-state index is 6.06. The van der Waals surface area contributed by atoms with Crippen molar-refractivity contribution in [2.45, 2.75) is 6.54 Å². The van der Waals surface area contributed by atoms with Crippen molar-refractivity contribution in [3.63, 3.8) is 0 Å². The molecule has 1 saturated heterocycles. The molecule has 1 heterocycles. The molecule has 110 valence electrons. The van der Waals surface area contributed by atoms with E-state index >= 15 is 0 Å². The van der Waals surface area contributed by atoms with Crippen LogP contribution in [0.5, 0.6) is 0 Å². The lowest BCUT2D eigenvalue weighted by Gasteiger charge is -2.36. The van der Waals surface area contributed by atoms with Crippen molar-refractivity contribution in [1.82, 2.24) is 4.90 Å².